The van der Waals surface area contributed by atoms with E-state index >= 15 is 8.78 Å². The number of likely N-dealkylation sites (tertiary alicyclic amines) is 1. The van der Waals surface area contributed by atoms with Crippen molar-refractivity contribution >= 4 is 28.7 Å². The highest BCUT2D eigenvalue weighted by Crippen LogP contribution is 2.41. The third-order valence-corrected chi connectivity index (χ3v) is 8.26. The van der Waals surface area contributed by atoms with Gasteiger partial charge < -0.3 is 23.8 Å². The van der Waals surface area contributed by atoms with Crippen molar-refractivity contribution in [3.8, 4) is 0 Å². The number of amides is 1. The topological polar surface area (TPSA) is 81.1 Å². The summed E-state index contributed by atoms with van der Waals surface area (Å²) in [6.45, 7) is 10.7. The molecule has 3 atom stereocenters. The van der Waals surface area contributed by atoms with Crippen LogP contribution in [-0.4, -0.2) is 59.4 Å². The van der Waals surface area contributed by atoms with Crippen molar-refractivity contribution < 1.29 is 27.8 Å². The van der Waals surface area contributed by atoms with Crippen LogP contribution < -0.4 is 10.3 Å². The van der Waals surface area contributed by atoms with Crippen LogP contribution >= 0.6 is 0 Å². The number of carbonyl (C=O) groups excluding carboxylic acids is 2. The lowest BCUT2D eigenvalue weighted by Crippen LogP contribution is -2.50. The molecule has 5 rings (SSSR count). The van der Waals surface area contributed by atoms with E-state index in [9.17, 15) is 14.4 Å². The van der Waals surface area contributed by atoms with Gasteiger partial charge in [0.2, 0.25) is 5.43 Å². The number of ether oxygens (including phenoxy) is 2. The van der Waals surface area contributed by atoms with Gasteiger partial charge in [-0.25, -0.2) is 18.4 Å². The predicted octanol–water partition coefficient (Wildman–Crippen LogP) is 5.65. The number of pyridine rings is 1. The monoisotopic (exact) mass is 559 g/mol. The second-order valence-corrected chi connectivity index (χ2v) is 12.6. The van der Waals surface area contributed by atoms with Gasteiger partial charge in [0.15, 0.2) is 5.82 Å². The molecule has 2 aliphatic heterocycles. The maximum Gasteiger partial charge on any atom is 0.410 e. The predicted molar refractivity (Wildman–Crippen MR) is 148 cm³/mol. The fourth-order valence-corrected chi connectivity index (χ4v) is 5.83. The van der Waals surface area contributed by atoms with E-state index in [0.717, 1.165) is 38.2 Å². The molecule has 10 heteroatoms. The summed E-state index contributed by atoms with van der Waals surface area (Å²) in [5.74, 6) is -2.29. The van der Waals surface area contributed by atoms with Gasteiger partial charge in [-0.1, -0.05) is 20.3 Å². The number of esters is 1. The molecule has 1 aromatic heterocycles. The summed E-state index contributed by atoms with van der Waals surface area (Å²) in [5.41, 5.74) is -1.80. The second-order valence-electron chi connectivity index (χ2n) is 12.6. The number of carbonyl (C=O) groups is 2. The molecule has 1 saturated carbocycles. The van der Waals surface area contributed by atoms with E-state index in [4.69, 9.17) is 9.47 Å². The van der Waals surface area contributed by atoms with Crippen molar-refractivity contribution in [2.45, 2.75) is 84.4 Å². The highest BCUT2D eigenvalue weighted by molar-refractivity contribution is 5.95. The van der Waals surface area contributed by atoms with E-state index in [2.05, 4.69) is 0 Å². The van der Waals surface area contributed by atoms with Crippen molar-refractivity contribution in [1.82, 2.24) is 9.47 Å². The van der Waals surface area contributed by atoms with Gasteiger partial charge in [-0.15, -0.1) is 0 Å². The molecule has 0 bridgehead atoms. The minimum Gasteiger partial charge on any atom is -0.462 e. The number of aromatic nitrogens is 1. The normalized spacial score (nSPS) is 21.9. The average Bonchev–Trinajstić information content (AvgIpc) is 3.64. The zero-order valence-electron chi connectivity index (χ0n) is 24.0. The number of piperidine rings is 1. The SMILES string of the molecule is CC[C@H](C)COC(=O)c1cn(C2CC2)c2c(F)c(N3CC4CCCN(C(=O)OC(C)(C)C)C4C3)c(F)cc2c1=O. The summed E-state index contributed by atoms with van der Waals surface area (Å²) in [6.07, 6.45) is 4.93. The van der Waals surface area contributed by atoms with Crippen molar-refractivity contribution in [3.63, 3.8) is 0 Å². The summed E-state index contributed by atoms with van der Waals surface area (Å²) < 4.78 is 44.6. The van der Waals surface area contributed by atoms with Crippen LogP contribution in [0.5, 0.6) is 0 Å². The number of benzene rings is 1. The quantitative estimate of drug-likeness (QED) is 0.426. The Morgan fingerprint density at radius 1 is 1.15 bits per heavy atom. The zero-order valence-corrected chi connectivity index (χ0v) is 24.0. The molecular weight excluding hydrogens is 520 g/mol. The molecule has 2 unspecified atom stereocenters. The largest absolute Gasteiger partial charge is 0.462 e. The molecule has 40 heavy (non-hydrogen) atoms. The van der Waals surface area contributed by atoms with E-state index in [1.165, 1.54) is 6.20 Å². The molecule has 3 aliphatic rings. The minimum absolute atomic E-state index is 0.00115. The van der Waals surface area contributed by atoms with Crippen LogP contribution in [0.3, 0.4) is 0 Å². The maximum absolute atomic E-state index is 16.3. The van der Waals surface area contributed by atoms with Crippen LogP contribution in [0.1, 0.15) is 83.1 Å². The molecule has 3 heterocycles. The summed E-state index contributed by atoms with van der Waals surface area (Å²) in [7, 11) is 0. The van der Waals surface area contributed by atoms with Crippen LogP contribution in [0.4, 0.5) is 19.3 Å². The first-order valence-electron chi connectivity index (χ1n) is 14.4. The van der Waals surface area contributed by atoms with Gasteiger partial charge in [-0.05, 0) is 64.4 Å². The minimum atomic E-state index is -0.864. The fraction of sp³-hybridized carbons (Fsp3) is 0.633. The molecule has 0 radical (unpaired) electrons. The Hall–Kier alpha value is -3.17. The Morgan fingerprint density at radius 3 is 2.52 bits per heavy atom. The van der Waals surface area contributed by atoms with E-state index in [-0.39, 0.29) is 59.2 Å². The molecule has 0 spiro atoms. The molecule has 1 amide bonds. The Kier molecular flexibility index (Phi) is 7.56. The van der Waals surface area contributed by atoms with E-state index in [0.29, 0.717) is 13.1 Å². The first-order chi connectivity index (χ1) is 18.9. The Labute approximate surface area is 233 Å². The third kappa shape index (κ3) is 5.41. The number of fused-ring (bicyclic) bond motifs is 2. The Balaban J connectivity index is 1.50. The van der Waals surface area contributed by atoms with Crippen LogP contribution in [0.2, 0.25) is 0 Å². The molecule has 2 aromatic rings. The van der Waals surface area contributed by atoms with Crippen molar-refractivity contribution in [2.24, 2.45) is 11.8 Å². The number of anilines is 1. The van der Waals surface area contributed by atoms with Crippen molar-refractivity contribution in [3.05, 3.63) is 39.7 Å². The molecule has 1 aromatic carbocycles. The lowest BCUT2D eigenvalue weighted by molar-refractivity contribution is 0.00667. The molecule has 0 N–H and O–H groups in total. The zero-order chi connectivity index (χ0) is 28.9. The fourth-order valence-electron chi connectivity index (χ4n) is 5.83. The third-order valence-electron chi connectivity index (χ3n) is 8.26. The lowest BCUT2D eigenvalue weighted by Gasteiger charge is -2.37. The standard InChI is InChI=1S/C30H39F2N3O5/c1-6-17(2)16-39-28(37)21-14-35(19-9-10-19)25-20(27(21)36)12-22(31)26(24(25)32)33-13-18-8-7-11-34(23(18)15-33)29(38)40-30(3,4)5/h12,14,17-19,23H,6-11,13,15-16H2,1-5H3/t17-,18?,23?/m0/s1. The van der Waals surface area contributed by atoms with E-state index < -0.39 is 34.7 Å². The number of halogens is 2. The molecular formula is C30H39F2N3O5. The highest BCUT2D eigenvalue weighted by atomic mass is 19.1. The van der Waals surface area contributed by atoms with Crippen LogP contribution in [0.15, 0.2) is 17.1 Å². The van der Waals surface area contributed by atoms with E-state index in [1.807, 2.05) is 34.6 Å². The summed E-state index contributed by atoms with van der Waals surface area (Å²) in [4.78, 5) is 42.4. The van der Waals surface area contributed by atoms with Gasteiger partial charge in [-0.2, -0.15) is 0 Å². The van der Waals surface area contributed by atoms with Crippen molar-refractivity contribution in [2.75, 3.05) is 31.1 Å². The number of hydrogen-bond donors (Lipinski definition) is 0. The molecule has 218 valence electrons. The van der Waals surface area contributed by atoms with Crippen LogP contribution in [0.25, 0.3) is 10.9 Å². The van der Waals surface area contributed by atoms with Crippen LogP contribution in [-0.2, 0) is 9.47 Å². The van der Waals surface area contributed by atoms with Gasteiger partial charge in [0, 0.05) is 31.9 Å². The molecule has 1 aliphatic carbocycles. The van der Waals surface area contributed by atoms with Crippen molar-refractivity contribution in [1.29, 1.82) is 0 Å². The molecule has 3 fully saturated rings. The van der Waals surface area contributed by atoms with Gasteiger partial charge in [0.25, 0.3) is 0 Å². The Morgan fingerprint density at radius 2 is 1.88 bits per heavy atom. The Bertz CT molecular complexity index is 1380. The van der Waals surface area contributed by atoms with Crippen LogP contribution in [0, 0.1) is 23.5 Å². The lowest BCUT2D eigenvalue weighted by atomic mass is 9.92. The van der Waals surface area contributed by atoms with Gasteiger partial charge in [0.1, 0.15) is 22.7 Å². The smallest absolute Gasteiger partial charge is 0.410 e. The number of rotatable bonds is 6. The van der Waals surface area contributed by atoms with Gasteiger partial charge in [0.05, 0.1) is 23.6 Å². The molecule has 2 saturated heterocycles. The first-order valence-corrected chi connectivity index (χ1v) is 14.4. The number of nitrogens with zero attached hydrogens (tertiary/aromatic N) is 3. The average molecular weight is 560 g/mol. The first kappa shape index (κ1) is 28.4. The summed E-state index contributed by atoms with van der Waals surface area (Å²) in [5, 5.41) is -0.171. The van der Waals surface area contributed by atoms with E-state index in [1.54, 1.807) is 14.4 Å². The maximum atomic E-state index is 16.3. The molecule has 8 nitrogen and oxygen atoms in total. The second kappa shape index (κ2) is 10.7. The summed E-state index contributed by atoms with van der Waals surface area (Å²) >= 11 is 0. The summed E-state index contributed by atoms with van der Waals surface area (Å²) in [6, 6.07) is 0.737. The van der Waals surface area contributed by atoms with Gasteiger partial charge in [-0.3, -0.25) is 4.79 Å². The number of hydrogen-bond acceptors (Lipinski definition) is 6. The highest BCUT2D eigenvalue weighted by Gasteiger charge is 2.44. The van der Waals surface area contributed by atoms with Gasteiger partial charge >= 0.3 is 12.1 Å².